The van der Waals surface area contributed by atoms with Crippen molar-refractivity contribution in [2.45, 2.75) is 32.9 Å². The maximum Gasteiger partial charge on any atom is 0.227 e. The van der Waals surface area contributed by atoms with Crippen LogP contribution in [0.2, 0.25) is 0 Å². The Morgan fingerprint density at radius 2 is 2.07 bits per heavy atom. The Labute approximate surface area is 88.7 Å². The van der Waals surface area contributed by atoms with Gasteiger partial charge in [0, 0.05) is 12.6 Å². The quantitative estimate of drug-likeness (QED) is 0.690. The minimum absolute atomic E-state index is 0.129. The molecule has 0 aliphatic carbocycles. The van der Waals surface area contributed by atoms with Crippen LogP contribution in [0.4, 0.5) is 4.39 Å². The second kappa shape index (κ2) is 3.65. The van der Waals surface area contributed by atoms with Crippen molar-refractivity contribution < 1.29 is 9.18 Å². The minimum Gasteiger partial charge on any atom is -0.336 e. The molecule has 1 aromatic rings. The lowest BCUT2D eigenvalue weighted by atomic mass is 9.98. The van der Waals surface area contributed by atoms with Gasteiger partial charge in [-0.1, -0.05) is 6.07 Å². The standard InChI is InChI=1S/C12H14FNO/c1-8(2)14-7-10-5-11(13)4-3-9(10)6-12(14)15/h3-5,8H,6-7H2,1-2H3. The molecule has 1 aromatic carbocycles. The molecule has 2 rings (SSSR count). The molecule has 15 heavy (non-hydrogen) atoms. The maximum absolute atomic E-state index is 13.0. The Kier molecular flexibility index (Phi) is 2.47. The second-order valence-electron chi connectivity index (χ2n) is 4.21. The summed E-state index contributed by atoms with van der Waals surface area (Å²) in [6.45, 7) is 4.48. The molecule has 0 N–H and O–H groups in total. The summed E-state index contributed by atoms with van der Waals surface area (Å²) < 4.78 is 13.0. The van der Waals surface area contributed by atoms with Crippen molar-refractivity contribution in [1.29, 1.82) is 0 Å². The Bertz CT molecular complexity index is 401. The van der Waals surface area contributed by atoms with E-state index in [1.54, 1.807) is 11.0 Å². The van der Waals surface area contributed by atoms with Gasteiger partial charge in [0.1, 0.15) is 5.82 Å². The van der Waals surface area contributed by atoms with Gasteiger partial charge in [-0.05, 0) is 37.1 Å². The highest BCUT2D eigenvalue weighted by Crippen LogP contribution is 2.22. The van der Waals surface area contributed by atoms with Gasteiger partial charge in [-0.3, -0.25) is 4.79 Å². The van der Waals surface area contributed by atoms with Crippen LogP contribution in [0.3, 0.4) is 0 Å². The summed E-state index contributed by atoms with van der Waals surface area (Å²) >= 11 is 0. The second-order valence-corrected chi connectivity index (χ2v) is 4.21. The van der Waals surface area contributed by atoms with Crippen molar-refractivity contribution >= 4 is 5.91 Å². The van der Waals surface area contributed by atoms with Gasteiger partial charge < -0.3 is 4.90 Å². The lowest BCUT2D eigenvalue weighted by Gasteiger charge is -2.32. The van der Waals surface area contributed by atoms with E-state index in [1.807, 2.05) is 13.8 Å². The molecule has 0 radical (unpaired) electrons. The number of benzene rings is 1. The Morgan fingerprint density at radius 3 is 2.73 bits per heavy atom. The van der Waals surface area contributed by atoms with Crippen LogP contribution in [0.25, 0.3) is 0 Å². The Balaban J connectivity index is 2.34. The predicted octanol–water partition coefficient (Wildman–Crippen LogP) is 2.12. The minimum atomic E-state index is -0.230. The highest BCUT2D eigenvalue weighted by molar-refractivity contribution is 5.81. The van der Waals surface area contributed by atoms with E-state index in [0.29, 0.717) is 13.0 Å². The fourth-order valence-electron chi connectivity index (χ4n) is 1.92. The van der Waals surface area contributed by atoms with Gasteiger partial charge in [0.2, 0.25) is 5.91 Å². The molecule has 2 nitrogen and oxygen atoms in total. The monoisotopic (exact) mass is 207 g/mol. The van der Waals surface area contributed by atoms with Crippen LogP contribution < -0.4 is 0 Å². The molecular formula is C12H14FNO. The van der Waals surface area contributed by atoms with Gasteiger partial charge >= 0.3 is 0 Å². The summed E-state index contributed by atoms with van der Waals surface area (Å²) in [5.74, 6) is -0.101. The van der Waals surface area contributed by atoms with Gasteiger partial charge in [0.15, 0.2) is 0 Å². The van der Waals surface area contributed by atoms with Crippen LogP contribution in [0.5, 0.6) is 0 Å². The third-order valence-corrected chi connectivity index (χ3v) is 2.79. The number of fused-ring (bicyclic) bond motifs is 1. The number of carbonyl (C=O) groups excluding carboxylic acids is 1. The first-order chi connectivity index (χ1) is 7.08. The average Bonchev–Trinajstić information content (AvgIpc) is 2.17. The van der Waals surface area contributed by atoms with E-state index in [-0.39, 0.29) is 17.8 Å². The Hall–Kier alpha value is -1.38. The summed E-state index contributed by atoms with van der Waals surface area (Å²) in [6, 6.07) is 4.82. The molecule has 1 heterocycles. The van der Waals surface area contributed by atoms with Crippen LogP contribution in [0.15, 0.2) is 18.2 Å². The third kappa shape index (κ3) is 1.87. The molecule has 0 bridgehead atoms. The first kappa shape index (κ1) is 10.1. The van der Waals surface area contributed by atoms with Crippen LogP contribution in [-0.4, -0.2) is 16.8 Å². The smallest absolute Gasteiger partial charge is 0.227 e. The van der Waals surface area contributed by atoms with Crippen molar-refractivity contribution in [1.82, 2.24) is 4.90 Å². The lowest BCUT2D eigenvalue weighted by Crippen LogP contribution is -2.40. The van der Waals surface area contributed by atoms with Crippen molar-refractivity contribution in [2.24, 2.45) is 0 Å². The molecular weight excluding hydrogens is 193 g/mol. The molecule has 0 saturated heterocycles. The maximum atomic E-state index is 13.0. The van der Waals surface area contributed by atoms with E-state index < -0.39 is 0 Å². The van der Waals surface area contributed by atoms with Gasteiger partial charge in [-0.2, -0.15) is 0 Å². The van der Waals surface area contributed by atoms with E-state index >= 15 is 0 Å². The lowest BCUT2D eigenvalue weighted by molar-refractivity contribution is -0.133. The van der Waals surface area contributed by atoms with Gasteiger partial charge in [0.05, 0.1) is 6.42 Å². The number of halogens is 1. The Morgan fingerprint density at radius 1 is 1.33 bits per heavy atom. The number of amides is 1. The van der Waals surface area contributed by atoms with Gasteiger partial charge in [0.25, 0.3) is 0 Å². The third-order valence-electron chi connectivity index (χ3n) is 2.79. The molecule has 3 heteroatoms. The largest absolute Gasteiger partial charge is 0.336 e. The summed E-state index contributed by atoms with van der Waals surface area (Å²) in [5, 5.41) is 0. The SMILES string of the molecule is CC(C)N1Cc2cc(F)ccc2CC1=O. The highest BCUT2D eigenvalue weighted by atomic mass is 19.1. The van der Waals surface area contributed by atoms with Crippen LogP contribution in [0.1, 0.15) is 25.0 Å². The molecule has 1 aliphatic heterocycles. The number of nitrogens with zero attached hydrogens (tertiary/aromatic N) is 1. The summed E-state index contributed by atoms with van der Waals surface area (Å²) in [5.41, 5.74) is 1.89. The van der Waals surface area contributed by atoms with Crippen molar-refractivity contribution in [3.63, 3.8) is 0 Å². The van der Waals surface area contributed by atoms with Crippen LogP contribution >= 0.6 is 0 Å². The van der Waals surface area contributed by atoms with Gasteiger partial charge in [-0.15, -0.1) is 0 Å². The summed E-state index contributed by atoms with van der Waals surface area (Å²) in [7, 11) is 0. The molecule has 1 amide bonds. The molecule has 80 valence electrons. The van der Waals surface area contributed by atoms with E-state index in [0.717, 1.165) is 11.1 Å². The zero-order valence-corrected chi connectivity index (χ0v) is 8.96. The number of carbonyl (C=O) groups is 1. The summed E-state index contributed by atoms with van der Waals surface area (Å²) in [6.07, 6.45) is 0.397. The van der Waals surface area contributed by atoms with Crippen LogP contribution in [-0.2, 0) is 17.8 Å². The van der Waals surface area contributed by atoms with E-state index in [4.69, 9.17) is 0 Å². The molecule has 0 saturated carbocycles. The van der Waals surface area contributed by atoms with Gasteiger partial charge in [-0.25, -0.2) is 4.39 Å². The zero-order valence-electron chi connectivity index (χ0n) is 8.96. The van der Waals surface area contributed by atoms with Crippen molar-refractivity contribution in [3.8, 4) is 0 Å². The van der Waals surface area contributed by atoms with E-state index in [1.165, 1.54) is 12.1 Å². The molecule has 0 fully saturated rings. The summed E-state index contributed by atoms with van der Waals surface area (Å²) in [4.78, 5) is 13.5. The van der Waals surface area contributed by atoms with Crippen molar-refractivity contribution in [3.05, 3.63) is 35.1 Å². The average molecular weight is 207 g/mol. The first-order valence-corrected chi connectivity index (χ1v) is 5.14. The predicted molar refractivity (Wildman–Crippen MR) is 55.8 cm³/mol. The fourth-order valence-corrected chi connectivity index (χ4v) is 1.92. The molecule has 0 aromatic heterocycles. The van der Waals surface area contributed by atoms with Crippen molar-refractivity contribution in [2.75, 3.05) is 0 Å². The number of hydrogen-bond donors (Lipinski definition) is 0. The first-order valence-electron chi connectivity index (χ1n) is 5.14. The molecule has 0 atom stereocenters. The van der Waals surface area contributed by atoms with Crippen LogP contribution in [0, 0.1) is 5.82 Å². The fraction of sp³-hybridized carbons (Fsp3) is 0.417. The topological polar surface area (TPSA) is 20.3 Å². The van der Waals surface area contributed by atoms with E-state index in [9.17, 15) is 9.18 Å². The zero-order chi connectivity index (χ0) is 11.0. The molecule has 1 aliphatic rings. The number of hydrogen-bond acceptors (Lipinski definition) is 1. The molecule has 0 spiro atoms. The van der Waals surface area contributed by atoms with E-state index in [2.05, 4.69) is 0 Å². The molecule has 0 unspecified atom stereocenters. The normalized spacial score (nSPS) is 15.7. The highest BCUT2D eigenvalue weighted by Gasteiger charge is 2.24. The number of rotatable bonds is 1.